The molecule has 0 amide bonds. The van der Waals surface area contributed by atoms with Crippen molar-refractivity contribution < 1.29 is 9.90 Å². The van der Waals surface area contributed by atoms with Crippen molar-refractivity contribution in [3.05, 3.63) is 0 Å². The number of carboxylic acids is 1. The molecule has 1 aliphatic rings. The fourth-order valence-electron chi connectivity index (χ4n) is 1.37. The van der Waals surface area contributed by atoms with Gasteiger partial charge in [-0.15, -0.1) is 4.99 Å². The van der Waals surface area contributed by atoms with E-state index in [4.69, 9.17) is 10.4 Å². The van der Waals surface area contributed by atoms with Gasteiger partial charge < -0.3 is 10.0 Å². The molecule has 1 atom stereocenters. The quantitative estimate of drug-likeness (QED) is 0.699. The zero-order valence-electron chi connectivity index (χ0n) is 7.80. The van der Waals surface area contributed by atoms with Crippen LogP contribution in [0.15, 0.2) is 4.99 Å². The highest BCUT2D eigenvalue weighted by Gasteiger charge is 2.30. The molecular weight excluding hydrogens is 202 g/mol. The predicted molar refractivity (Wildman–Crippen MR) is 53.9 cm³/mol. The molecule has 14 heavy (non-hydrogen) atoms. The Bertz CT molecular complexity index is 297. The van der Waals surface area contributed by atoms with Gasteiger partial charge in [-0.3, -0.25) is 0 Å². The van der Waals surface area contributed by atoms with Gasteiger partial charge in [0.2, 0.25) is 6.19 Å². The molecule has 1 saturated heterocycles. The van der Waals surface area contributed by atoms with Crippen LogP contribution in [0.25, 0.3) is 0 Å². The first-order valence-corrected chi connectivity index (χ1v) is 5.28. The van der Waals surface area contributed by atoms with E-state index in [1.807, 2.05) is 6.92 Å². The Morgan fingerprint density at radius 1 is 1.93 bits per heavy atom. The third-order valence-corrected chi connectivity index (χ3v) is 2.97. The molecule has 1 aliphatic heterocycles. The van der Waals surface area contributed by atoms with Crippen LogP contribution in [0.5, 0.6) is 0 Å². The summed E-state index contributed by atoms with van der Waals surface area (Å²) in [5.74, 6) is -0.0646. The molecule has 0 saturated carbocycles. The lowest BCUT2D eigenvalue weighted by atomic mass is 10.2. The third kappa shape index (κ3) is 2.17. The number of aliphatic carboxylic acids is 1. The Morgan fingerprint density at radius 3 is 3.14 bits per heavy atom. The second kappa shape index (κ2) is 4.86. The van der Waals surface area contributed by atoms with Gasteiger partial charge in [0.1, 0.15) is 6.04 Å². The Labute approximate surface area is 86.4 Å². The summed E-state index contributed by atoms with van der Waals surface area (Å²) in [6.45, 7) is 2.46. The van der Waals surface area contributed by atoms with Crippen molar-refractivity contribution in [2.75, 3.05) is 12.3 Å². The average molecular weight is 213 g/mol. The molecule has 0 aromatic rings. The monoisotopic (exact) mass is 213 g/mol. The number of hydrogen-bond acceptors (Lipinski definition) is 4. The highest BCUT2D eigenvalue weighted by atomic mass is 32.2. The van der Waals surface area contributed by atoms with Crippen LogP contribution in [0.4, 0.5) is 0 Å². The number of nitriles is 1. The van der Waals surface area contributed by atoms with E-state index in [2.05, 4.69) is 4.99 Å². The average Bonchev–Trinajstić information content (AvgIpc) is 2.55. The van der Waals surface area contributed by atoms with Gasteiger partial charge in [0, 0.05) is 12.3 Å². The van der Waals surface area contributed by atoms with Crippen LogP contribution in [-0.4, -0.2) is 39.5 Å². The van der Waals surface area contributed by atoms with E-state index in [0.29, 0.717) is 18.1 Å². The van der Waals surface area contributed by atoms with Crippen molar-refractivity contribution in [3.63, 3.8) is 0 Å². The van der Waals surface area contributed by atoms with Gasteiger partial charge in [0.05, 0.1) is 0 Å². The van der Waals surface area contributed by atoms with Crippen LogP contribution in [0.3, 0.4) is 0 Å². The molecule has 1 rings (SSSR count). The van der Waals surface area contributed by atoms with Crippen LogP contribution in [0.1, 0.15) is 13.3 Å². The van der Waals surface area contributed by atoms with Gasteiger partial charge >= 0.3 is 5.97 Å². The summed E-state index contributed by atoms with van der Waals surface area (Å²) in [5.41, 5.74) is 0. The zero-order chi connectivity index (χ0) is 10.6. The second-order valence-corrected chi connectivity index (χ2v) is 3.86. The minimum atomic E-state index is -0.861. The van der Waals surface area contributed by atoms with Gasteiger partial charge in [0.25, 0.3) is 0 Å². The minimum absolute atomic E-state index is 0.514. The largest absolute Gasteiger partial charge is 0.480 e. The summed E-state index contributed by atoms with van der Waals surface area (Å²) in [6, 6.07) is -0.558. The molecule has 0 aromatic carbocycles. The van der Waals surface area contributed by atoms with E-state index in [1.165, 1.54) is 11.8 Å². The van der Waals surface area contributed by atoms with Crippen LogP contribution < -0.4 is 0 Å². The van der Waals surface area contributed by atoms with Crippen LogP contribution >= 0.6 is 11.8 Å². The van der Waals surface area contributed by atoms with Crippen LogP contribution in [0, 0.1) is 11.5 Å². The molecular formula is C8H11N3O2S. The molecule has 0 spiro atoms. The number of carbonyl (C=O) groups is 1. The SMILES string of the molecule is CCC(C(=O)O)N1CCSC1=NC#N. The molecule has 0 aromatic heterocycles. The summed E-state index contributed by atoms with van der Waals surface area (Å²) in [7, 11) is 0. The zero-order valence-corrected chi connectivity index (χ0v) is 8.62. The van der Waals surface area contributed by atoms with Crippen molar-refractivity contribution in [3.8, 4) is 6.19 Å². The molecule has 1 fully saturated rings. The minimum Gasteiger partial charge on any atom is -0.480 e. The van der Waals surface area contributed by atoms with Gasteiger partial charge in [-0.2, -0.15) is 5.26 Å². The highest BCUT2D eigenvalue weighted by molar-refractivity contribution is 8.14. The summed E-state index contributed by atoms with van der Waals surface area (Å²) in [6.07, 6.45) is 2.20. The summed E-state index contributed by atoms with van der Waals surface area (Å²) >= 11 is 1.43. The first kappa shape index (κ1) is 10.9. The number of hydrogen-bond donors (Lipinski definition) is 1. The molecule has 1 N–H and O–H groups in total. The van der Waals surface area contributed by atoms with Gasteiger partial charge in [-0.05, 0) is 6.42 Å². The highest BCUT2D eigenvalue weighted by Crippen LogP contribution is 2.21. The van der Waals surface area contributed by atoms with Crippen LogP contribution in [0.2, 0.25) is 0 Å². The maximum atomic E-state index is 10.9. The number of rotatable bonds is 3. The first-order valence-electron chi connectivity index (χ1n) is 4.29. The summed E-state index contributed by atoms with van der Waals surface area (Å²) in [4.78, 5) is 16.2. The Kier molecular flexibility index (Phi) is 3.77. The molecule has 5 nitrogen and oxygen atoms in total. The fraction of sp³-hybridized carbons (Fsp3) is 0.625. The lowest BCUT2D eigenvalue weighted by molar-refractivity contribution is -0.141. The van der Waals surface area contributed by atoms with Crippen molar-refractivity contribution in [1.82, 2.24) is 4.90 Å². The molecule has 0 bridgehead atoms. The Balaban J connectivity index is 2.80. The number of carboxylic acid groups (broad SMARTS) is 1. The molecule has 1 unspecified atom stereocenters. The van der Waals surface area contributed by atoms with E-state index in [9.17, 15) is 4.79 Å². The Morgan fingerprint density at radius 2 is 2.64 bits per heavy atom. The number of aliphatic imine (C=N–C) groups is 1. The maximum absolute atomic E-state index is 10.9. The van der Waals surface area contributed by atoms with E-state index >= 15 is 0 Å². The van der Waals surface area contributed by atoms with Crippen molar-refractivity contribution >= 4 is 22.9 Å². The molecule has 0 radical (unpaired) electrons. The normalized spacial score (nSPS) is 20.9. The van der Waals surface area contributed by atoms with E-state index < -0.39 is 12.0 Å². The standard InChI is InChI=1S/C8H11N3O2S/c1-2-6(7(12)13)11-3-4-14-8(11)10-5-9/h6H,2-4H2,1H3,(H,12,13). The lowest BCUT2D eigenvalue weighted by Gasteiger charge is -2.23. The van der Waals surface area contributed by atoms with Crippen molar-refractivity contribution in [2.24, 2.45) is 4.99 Å². The van der Waals surface area contributed by atoms with E-state index in [1.54, 1.807) is 11.1 Å². The summed E-state index contributed by atoms with van der Waals surface area (Å²) < 4.78 is 0. The Hall–Kier alpha value is -1.22. The van der Waals surface area contributed by atoms with Crippen molar-refractivity contribution in [2.45, 2.75) is 19.4 Å². The maximum Gasteiger partial charge on any atom is 0.326 e. The smallest absolute Gasteiger partial charge is 0.326 e. The lowest BCUT2D eigenvalue weighted by Crippen LogP contribution is -2.41. The van der Waals surface area contributed by atoms with Crippen molar-refractivity contribution in [1.29, 1.82) is 5.26 Å². The van der Waals surface area contributed by atoms with E-state index in [0.717, 1.165) is 5.75 Å². The topological polar surface area (TPSA) is 76.7 Å². The predicted octanol–water partition coefficient (Wildman–Crippen LogP) is 0.735. The van der Waals surface area contributed by atoms with E-state index in [-0.39, 0.29) is 0 Å². The molecule has 0 aliphatic carbocycles. The fourth-order valence-corrected chi connectivity index (χ4v) is 2.33. The number of nitrogens with zero attached hydrogens (tertiary/aromatic N) is 3. The molecule has 76 valence electrons. The number of amidine groups is 1. The molecule has 6 heteroatoms. The number of thioether (sulfide) groups is 1. The first-order chi connectivity index (χ1) is 6.70. The summed E-state index contributed by atoms with van der Waals surface area (Å²) in [5, 5.41) is 17.9. The van der Waals surface area contributed by atoms with Gasteiger partial charge in [-0.1, -0.05) is 18.7 Å². The third-order valence-electron chi connectivity index (χ3n) is 2.00. The molecule has 1 heterocycles. The van der Waals surface area contributed by atoms with Gasteiger partial charge in [-0.25, -0.2) is 4.79 Å². The van der Waals surface area contributed by atoms with Crippen LogP contribution in [-0.2, 0) is 4.79 Å². The van der Waals surface area contributed by atoms with Gasteiger partial charge in [0.15, 0.2) is 5.17 Å². The second-order valence-electron chi connectivity index (χ2n) is 2.80.